The number of ether oxygens (including phenoxy) is 1. The summed E-state index contributed by atoms with van der Waals surface area (Å²) in [6, 6.07) is 6.81. The van der Waals surface area contributed by atoms with E-state index in [4.69, 9.17) is 4.74 Å². The Morgan fingerprint density at radius 1 is 1.22 bits per heavy atom. The lowest BCUT2D eigenvalue weighted by Crippen LogP contribution is -2.40. The molecule has 1 saturated heterocycles. The molecule has 1 heterocycles. The van der Waals surface area contributed by atoms with Gasteiger partial charge in [-0.15, -0.1) is 0 Å². The lowest BCUT2D eigenvalue weighted by Gasteiger charge is -2.26. The van der Waals surface area contributed by atoms with Crippen LogP contribution < -0.4 is 0 Å². The highest BCUT2D eigenvalue weighted by atomic mass is 32.2. The largest absolute Gasteiger partial charge is 0.379 e. The van der Waals surface area contributed by atoms with Crippen LogP contribution in [0.4, 0.5) is 0 Å². The van der Waals surface area contributed by atoms with Crippen molar-refractivity contribution >= 4 is 15.9 Å². The molecule has 0 spiro atoms. The Bertz CT molecular complexity index is 622. The second kappa shape index (κ2) is 7.90. The Balaban J connectivity index is 2.00. The van der Waals surface area contributed by atoms with Gasteiger partial charge in [-0.1, -0.05) is 12.1 Å². The van der Waals surface area contributed by atoms with Gasteiger partial charge in [0.1, 0.15) is 0 Å². The van der Waals surface area contributed by atoms with Crippen LogP contribution >= 0.6 is 0 Å². The second-order valence-electron chi connectivity index (χ2n) is 5.57. The number of nitrogens with zero attached hydrogens (tertiary/aromatic N) is 2. The number of aryl methyl sites for hydroxylation is 1. The van der Waals surface area contributed by atoms with Gasteiger partial charge < -0.3 is 9.64 Å². The van der Waals surface area contributed by atoms with Gasteiger partial charge in [0, 0.05) is 33.1 Å². The first-order valence-electron chi connectivity index (χ1n) is 7.86. The van der Waals surface area contributed by atoms with E-state index < -0.39 is 10.0 Å². The summed E-state index contributed by atoms with van der Waals surface area (Å²) in [6.45, 7) is 4.28. The highest BCUT2D eigenvalue weighted by Gasteiger charge is 2.26. The van der Waals surface area contributed by atoms with Crippen LogP contribution in [0.5, 0.6) is 0 Å². The number of amides is 1. The molecule has 6 nitrogen and oxygen atoms in total. The van der Waals surface area contributed by atoms with E-state index in [0.717, 1.165) is 5.56 Å². The Hall–Kier alpha value is -1.44. The van der Waals surface area contributed by atoms with Gasteiger partial charge in [-0.05, 0) is 31.0 Å². The quantitative estimate of drug-likeness (QED) is 0.778. The fourth-order valence-electron chi connectivity index (χ4n) is 2.38. The van der Waals surface area contributed by atoms with Gasteiger partial charge in [-0.25, -0.2) is 8.42 Å². The van der Waals surface area contributed by atoms with E-state index in [2.05, 4.69) is 0 Å². The molecule has 7 heteroatoms. The highest BCUT2D eigenvalue weighted by molar-refractivity contribution is 7.89. The van der Waals surface area contributed by atoms with Crippen LogP contribution in [-0.4, -0.2) is 63.4 Å². The van der Waals surface area contributed by atoms with Crippen LogP contribution in [0.1, 0.15) is 18.9 Å². The molecule has 1 aliphatic heterocycles. The fraction of sp³-hybridized carbons (Fsp3) is 0.562. The van der Waals surface area contributed by atoms with Crippen molar-refractivity contribution in [2.24, 2.45) is 0 Å². The van der Waals surface area contributed by atoms with E-state index in [0.29, 0.717) is 50.6 Å². The molecular formula is C16H24N2O4S. The standard InChI is InChI=1S/C16H24N2O4S/c1-3-17(2)16(19)9-6-14-4-7-15(8-5-14)23(20,21)18-10-12-22-13-11-18/h4-5,7-8H,3,6,9-13H2,1-2H3. The molecule has 0 bridgehead atoms. The lowest BCUT2D eigenvalue weighted by molar-refractivity contribution is -0.129. The summed E-state index contributed by atoms with van der Waals surface area (Å²) in [6.07, 6.45) is 1.04. The summed E-state index contributed by atoms with van der Waals surface area (Å²) in [5.41, 5.74) is 0.962. The summed E-state index contributed by atoms with van der Waals surface area (Å²) in [5, 5.41) is 0. The third-order valence-electron chi connectivity index (χ3n) is 4.06. The Labute approximate surface area is 138 Å². The SMILES string of the molecule is CCN(C)C(=O)CCc1ccc(S(=O)(=O)N2CCOCC2)cc1. The van der Waals surface area contributed by atoms with E-state index in [-0.39, 0.29) is 5.91 Å². The monoisotopic (exact) mass is 340 g/mol. The first-order chi connectivity index (χ1) is 10.9. The van der Waals surface area contributed by atoms with Crippen molar-refractivity contribution in [1.82, 2.24) is 9.21 Å². The number of carbonyl (C=O) groups excluding carboxylic acids is 1. The van der Waals surface area contributed by atoms with Gasteiger partial charge in [-0.2, -0.15) is 4.31 Å². The van der Waals surface area contributed by atoms with Crippen LogP contribution in [0.3, 0.4) is 0 Å². The minimum atomic E-state index is -3.45. The fourth-order valence-corrected chi connectivity index (χ4v) is 3.79. The molecule has 1 fully saturated rings. The summed E-state index contributed by atoms with van der Waals surface area (Å²) in [7, 11) is -1.67. The Kier molecular flexibility index (Phi) is 6.15. The molecule has 2 rings (SSSR count). The van der Waals surface area contributed by atoms with Gasteiger partial charge in [0.05, 0.1) is 18.1 Å². The highest BCUT2D eigenvalue weighted by Crippen LogP contribution is 2.18. The number of rotatable bonds is 6. The summed E-state index contributed by atoms with van der Waals surface area (Å²) >= 11 is 0. The van der Waals surface area contributed by atoms with Crippen molar-refractivity contribution in [3.8, 4) is 0 Å². The number of benzene rings is 1. The third-order valence-corrected chi connectivity index (χ3v) is 5.97. The number of morpholine rings is 1. The van der Waals surface area contributed by atoms with E-state index in [1.165, 1.54) is 4.31 Å². The summed E-state index contributed by atoms with van der Waals surface area (Å²) in [4.78, 5) is 13.8. The van der Waals surface area contributed by atoms with Crippen molar-refractivity contribution < 1.29 is 17.9 Å². The molecule has 1 aromatic rings. The summed E-state index contributed by atoms with van der Waals surface area (Å²) < 4.78 is 31.6. The van der Waals surface area contributed by atoms with Gasteiger partial charge in [-0.3, -0.25) is 4.79 Å². The average Bonchev–Trinajstić information content (AvgIpc) is 2.60. The minimum absolute atomic E-state index is 0.0949. The number of hydrogen-bond donors (Lipinski definition) is 0. The molecule has 128 valence electrons. The lowest BCUT2D eigenvalue weighted by atomic mass is 10.1. The average molecular weight is 340 g/mol. The second-order valence-corrected chi connectivity index (χ2v) is 7.51. The van der Waals surface area contributed by atoms with Crippen molar-refractivity contribution in [2.75, 3.05) is 39.9 Å². The molecule has 0 saturated carbocycles. The molecule has 1 aliphatic rings. The minimum Gasteiger partial charge on any atom is -0.379 e. The molecule has 0 aromatic heterocycles. The van der Waals surface area contributed by atoms with E-state index in [1.807, 2.05) is 6.92 Å². The zero-order valence-electron chi connectivity index (χ0n) is 13.7. The van der Waals surface area contributed by atoms with Gasteiger partial charge >= 0.3 is 0 Å². The molecule has 0 N–H and O–H groups in total. The van der Waals surface area contributed by atoms with Gasteiger partial charge in [0.25, 0.3) is 0 Å². The maximum absolute atomic E-state index is 12.5. The van der Waals surface area contributed by atoms with Crippen molar-refractivity contribution in [1.29, 1.82) is 0 Å². The van der Waals surface area contributed by atoms with E-state index in [1.54, 1.807) is 36.2 Å². The Morgan fingerprint density at radius 2 is 1.83 bits per heavy atom. The normalized spacial score (nSPS) is 16.3. The molecule has 23 heavy (non-hydrogen) atoms. The van der Waals surface area contributed by atoms with Crippen molar-refractivity contribution in [2.45, 2.75) is 24.7 Å². The van der Waals surface area contributed by atoms with Crippen LogP contribution in [0.25, 0.3) is 0 Å². The zero-order chi connectivity index (χ0) is 16.9. The molecule has 1 aromatic carbocycles. The maximum Gasteiger partial charge on any atom is 0.243 e. The van der Waals surface area contributed by atoms with Crippen LogP contribution in [0.15, 0.2) is 29.2 Å². The molecule has 0 unspecified atom stereocenters. The molecular weight excluding hydrogens is 316 g/mol. The van der Waals surface area contributed by atoms with Gasteiger partial charge in [0.15, 0.2) is 0 Å². The smallest absolute Gasteiger partial charge is 0.243 e. The predicted molar refractivity (Wildman–Crippen MR) is 87.7 cm³/mol. The maximum atomic E-state index is 12.5. The number of carbonyl (C=O) groups is 1. The number of sulfonamides is 1. The number of hydrogen-bond acceptors (Lipinski definition) is 4. The topological polar surface area (TPSA) is 66.9 Å². The molecule has 0 radical (unpaired) electrons. The first kappa shape index (κ1) is 17.9. The van der Waals surface area contributed by atoms with Gasteiger partial charge in [0.2, 0.25) is 15.9 Å². The van der Waals surface area contributed by atoms with Crippen molar-refractivity contribution in [3.05, 3.63) is 29.8 Å². The molecule has 1 amide bonds. The van der Waals surface area contributed by atoms with Crippen LogP contribution in [0, 0.1) is 0 Å². The summed E-state index contributed by atoms with van der Waals surface area (Å²) in [5.74, 6) is 0.0949. The third kappa shape index (κ3) is 4.53. The molecule has 0 aliphatic carbocycles. The predicted octanol–water partition coefficient (Wildman–Crippen LogP) is 1.12. The van der Waals surface area contributed by atoms with Crippen LogP contribution in [0.2, 0.25) is 0 Å². The zero-order valence-corrected chi connectivity index (χ0v) is 14.5. The Morgan fingerprint density at radius 3 is 2.39 bits per heavy atom. The first-order valence-corrected chi connectivity index (χ1v) is 9.30. The van der Waals surface area contributed by atoms with E-state index >= 15 is 0 Å². The molecule has 0 atom stereocenters. The van der Waals surface area contributed by atoms with E-state index in [9.17, 15) is 13.2 Å². The van der Waals surface area contributed by atoms with Crippen LogP contribution in [-0.2, 0) is 26.0 Å². The van der Waals surface area contributed by atoms with Crippen molar-refractivity contribution in [3.63, 3.8) is 0 Å².